The summed E-state index contributed by atoms with van der Waals surface area (Å²) >= 11 is 0. The minimum Gasteiger partial charge on any atom is -0.346 e. The Balaban J connectivity index is 1.48. The average molecular weight is 311 g/mol. The van der Waals surface area contributed by atoms with E-state index < -0.39 is 0 Å². The van der Waals surface area contributed by atoms with Crippen LogP contribution in [0.3, 0.4) is 0 Å². The Bertz CT molecular complexity index is 677. The third kappa shape index (κ3) is 3.63. The summed E-state index contributed by atoms with van der Waals surface area (Å²) < 4.78 is 2.04. The fourth-order valence-corrected chi connectivity index (χ4v) is 3.46. The lowest BCUT2D eigenvalue weighted by atomic mass is 9.97. The average Bonchev–Trinajstić information content (AvgIpc) is 3.14. The van der Waals surface area contributed by atoms with Crippen molar-refractivity contribution in [2.75, 3.05) is 13.6 Å². The van der Waals surface area contributed by atoms with E-state index >= 15 is 0 Å². The lowest BCUT2D eigenvalue weighted by Gasteiger charge is -2.20. The van der Waals surface area contributed by atoms with Gasteiger partial charge in [-0.3, -0.25) is 4.79 Å². The Morgan fingerprint density at radius 2 is 2.22 bits per heavy atom. The summed E-state index contributed by atoms with van der Waals surface area (Å²) in [5.41, 5.74) is 2.80. The smallest absolute Gasteiger partial charge is 0.222 e. The van der Waals surface area contributed by atoms with Crippen LogP contribution in [0.5, 0.6) is 0 Å². The number of amides is 1. The highest BCUT2D eigenvalue weighted by atomic mass is 16.2. The Labute approximate surface area is 138 Å². The highest BCUT2D eigenvalue weighted by Crippen LogP contribution is 2.35. The Morgan fingerprint density at radius 3 is 3.00 bits per heavy atom. The molecule has 122 valence electrons. The van der Waals surface area contributed by atoms with E-state index in [2.05, 4.69) is 29.2 Å². The topological polar surface area (TPSA) is 38.1 Å². The highest BCUT2D eigenvalue weighted by molar-refractivity contribution is 5.77. The summed E-state index contributed by atoms with van der Waals surface area (Å²) in [7, 11) is 3.93. The molecule has 0 unspecified atom stereocenters. The van der Waals surface area contributed by atoms with Gasteiger partial charge in [0, 0.05) is 45.9 Å². The maximum atomic E-state index is 12.5. The molecule has 0 aliphatic heterocycles. The zero-order valence-corrected chi connectivity index (χ0v) is 14.0. The molecule has 4 nitrogen and oxygen atoms in total. The number of carbonyl (C=O) groups is 1. The highest BCUT2D eigenvalue weighted by Gasteiger charge is 2.25. The summed E-state index contributed by atoms with van der Waals surface area (Å²) in [6, 6.07) is 8.54. The van der Waals surface area contributed by atoms with Gasteiger partial charge in [0.25, 0.3) is 0 Å². The van der Waals surface area contributed by atoms with Crippen molar-refractivity contribution in [2.45, 2.75) is 38.0 Å². The number of rotatable bonds is 6. The number of hydrogen-bond donors (Lipinski definition) is 0. The molecule has 0 spiro atoms. The van der Waals surface area contributed by atoms with Crippen molar-refractivity contribution in [3.8, 4) is 0 Å². The van der Waals surface area contributed by atoms with Gasteiger partial charge in [0.1, 0.15) is 5.82 Å². The van der Waals surface area contributed by atoms with Gasteiger partial charge in [-0.1, -0.05) is 24.3 Å². The molecular formula is C19H25N3O. The van der Waals surface area contributed by atoms with E-state index in [-0.39, 0.29) is 5.91 Å². The zero-order valence-electron chi connectivity index (χ0n) is 14.0. The minimum absolute atomic E-state index is 0.256. The third-order valence-electron chi connectivity index (χ3n) is 4.92. The van der Waals surface area contributed by atoms with E-state index in [1.807, 2.05) is 36.0 Å². The van der Waals surface area contributed by atoms with Crippen molar-refractivity contribution in [2.24, 2.45) is 7.05 Å². The van der Waals surface area contributed by atoms with Crippen LogP contribution in [-0.4, -0.2) is 34.0 Å². The van der Waals surface area contributed by atoms with Gasteiger partial charge in [-0.05, 0) is 36.3 Å². The maximum absolute atomic E-state index is 12.5. The van der Waals surface area contributed by atoms with Gasteiger partial charge >= 0.3 is 0 Å². The molecule has 23 heavy (non-hydrogen) atoms. The molecule has 0 bridgehead atoms. The van der Waals surface area contributed by atoms with E-state index in [4.69, 9.17) is 0 Å². The first-order valence-electron chi connectivity index (χ1n) is 8.43. The molecule has 0 saturated carbocycles. The second kappa shape index (κ2) is 6.99. The van der Waals surface area contributed by atoms with Crippen molar-refractivity contribution in [3.05, 3.63) is 53.6 Å². The van der Waals surface area contributed by atoms with Crippen molar-refractivity contribution < 1.29 is 4.79 Å². The Kier molecular flexibility index (Phi) is 4.79. The molecule has 0 saturated heterocycles. The first-order valence-corrected chi connectivity index (χ1v) is 8.43. The number of hydrogen-bond acceptors (Lipinski definition) is 2. The fourth-order valence-electron chi connectivity index (χ4n) is 3.46. The summed E-state index contributed by atoms with van der Waals surface area (Å²) in [6.45, 7) is 0.792. The molecule has 1 aliphatic rings. The monoisotopic (exact) mass is 311 g/mol. The first kappa shape index (κ1) is 15.8. The van der Waals surface area contributed by atoms with E-state index in [0.29, 0.717) is 12.3 Å². The molecule has 0 fully saturated rings. The number of nitrogens with zero attached hydrogens (tertiary/aromatic N) is 3. The van der Waals surface area contributed by atoms with Crippen LogP contribution in [-0.2, 0) is 24.7 Å². The predicted octanol–water partition coefficient (Wildman–Crippen LogP) is 2.93. The molecule has 1 amide bonds. The van der Waals surface area contributed by atoms with Gasteiger partial charge in [0.15, 0.2) is 0 Å². The third-order valence-corrected chi connectivity index (χ3v) is 4.92. The zero-order chi connectivity index (χ0) is 16.2. The lowest BCUT2D eigenvalue weighted by molar-refractivity contribution is -0.130. The molecule has 1 heterocycles. The fraction of sp³-hybridized carbons (Fsp3) is 0.474. The quantitative estimate of drug-likeness (QED) is 0.822. The molecule has 0 N–H and O–H groups in total. The number of aromatic nitrogens is 2. The normalized spacial score (nSPS) is 16.3. The Morgan fingerprint density at radius 1 is 1.39 bits per heavy atom. The number of aryl methyl sites for hydroxylation is 3. The molecular weight excluding hydrogens is 286 g/mol. The van der Waals surface area contributed by atoms with Gasteiger partial charge in [-0.2, -0.15) is 0 Å². The summed E-state index contributed by atoms with van der Waals surface area (Å²) in [5.74, 6) is 1.73. The molecule has 4 heteroatoms. The van der Waals surface area contributed by atoms with Crippen LogP contribution < -0.4 is 0 Å². The van der Waals surface area contributed by atoms with Crippen LogP contribution in [0, 0.1) is 0 Å². The molecule has 1 aromatic heterocycles. The van der Waals surface area contributed by atoms with Crippen LogP contribution in [0.4, 0.5) is 0 Å². The van der Waals surface area contributed by atoms with Crippen LogP contribution in [0.1, 0.15) is 42.1 Å². The Hall–Kier alpha value is -2.10. The van der Waals surface area contributed by atoms with Gasteiger partial charge in [0.05, 0.1) is 0 Å². The van der Waals surface area contributed by atoms with Gasteiger partial charge in [0.2, 0.25) is 5.91 Å². The number of fused-ring (bicyclic) bond motifs is 1. The van der Waals surface area contributed by atoms with Crippen molar-refractivity contribution in [3.63, 3.8) is 0 Å². The molecule has 1 aromatic carbocycles. The van der Waals surface area contributed by atoms with Crippen LogP contribution in [0.2, 0.25) is 0 Å². The minimum atomic E-state index is 0.256. The molecule has 1 atom stereocenters. The van der Waals surface area contributed by atoms with Crippen molar-refractivity contribution in [1.82, 2.24) is 14.5 Å². The second-order valence-corrected chi connectivity index (χ2v) is 6.51. The molecule has 0 radical (unpaired) electrons. The van der Waals surface area contributed by atoms with E-state index in [9.17, 15) is 4.79 Å². The summed E-state index contributed by atoms with van der Waals surface area (Å²) in [5, 5.41) is 0. The number of imidazole rings is 1. The van der Waals surface area contributed by atoms with Gasteiger partial charge in [-0.25, -0.2) is 4.98 Å². The summed E-state index contributed by atoms with van der Waals surface area (Å²) in [6.07, 6.45) is 8.49. The van der Waals surface area contributed by atoms with Crippen LogP contribution in [0.25, 0.3) is 0 Å². The molecule has 2 aromatic rings. The maximum Gasteiger partial charge on any atom is 0.222 e. The van der Waals surface area contributed by atoms with Gasteiger partial charge in [-0.15, -0.1) is 0 Å². The second-order valence-electron chi connectivity index (χ2n) is 6.51. The first-order chi connectivity index (χ1) is 11.1. The standard InChI is InChI=1S/C19H25N3O/c1-21-13-11-20-18(21)8-5-12-22(2)19(23)14-16-10-9-15-6-3-4-7-17(15)16/h3-4,6-7,11,13,16H,5,8-10,12,14H2,1-2H3/t16-/m1/s1. The van der Waals surface area contributed by atoms with E-state index in [1.165, 1.54) is 11.1 Å². The molecule has 3 rings (SSSR count). The van der Waals surface area contributed by atoms with Gasteiger partial charge < -0.3 is 9.47 Å². The van der Waals surface area contributed by atoms with E-state index in [1.54, 1.807) is 0 Å². The lowest BCUT2D eigenvalue weighted by Crippen LogP contribution is -2.29. The molecule has 1 aliphatic carbocycles. The van der Waals surface area contributed by atoms with E-state index in [0.717, 1.165) is 38.1 Å². The SMILES string of the molecule is CN(CCCc1nccn1C)C(=O)C[C@H]1CCc2ccccc21. The van der Waals surface area contributed by atoms with Crippen molar-refractivity contribution >= 4 is 5.91 Å². The largest absolute Gasteiger partial charge is 0.346 e. The van der Waals surface area contributed by atoms with Crippen LogP contribution >= 0.6 is 0 Å². The predicted molar refractivity (Wildman–Crippen MR) is 91.3 cm³/mol. The van der Waals surface area contributed by atoms with Crippen LogP contribution in [0.15, 0.2) is 36.7 Å². The number of benzene rings is 1. The number of carbonyl (C=O) groups excluding carboxylic acids is 1. The summed E-state index contributed by atoms with van der Waals surface area (Å²) in [4.78, 5) is 18.7. The van der Waals surface area contributed by atoms with Crippen molar-refractivity contribution in [1.29, 1.82) is 0 Å².